The number of hydrogen-bond acceptors (Lipinski definition) is 3. The molecule has 1 aromatic carbocycles. The number of anilines is 3. The van der Waals surface area contributed by atoms with Gasteiger partial charge in [-0.2, -0.15) is 0 Å². The van der Waals surface area contributed by atoms with Crippen LogP contribution in [0.25, 0.3) is 0 Å². The first-order chi connectivity index (χ1) is 8.08. The summed E-state index contributed by atoms with van der Waals surface area (Å²) < 4.78 is 14.2. The molecule has 0 fully saturated rings. The Morgan fingerprint density at radius 2 is 2.12 bits per heavy atom. The van der Waals surface area contributed by atoms with Gasteiger partial charge < -0.3 is 11.1 Å². The first kappa shape index (κ1) is 12.1. The van der Waals surface area contributed by atoms with Gasteiger partial charge in [-0.1, -0.05) is 11.6 Å². The van der Waals surface area contributed by atoms with Crippen LogP contribution in [0.15, 0.2) is 35.1 Å². The number of halogens is 3. The predicted octanol–water partition coefficient (Wildman–Crippen LogP) is 3.96. The molecule has 0 aliphatic heterocycles. The average Bonchev–Trinajstić information content (AvgIpc) is 2.26. The van der Waals surface area contributed by atoms with Gasteiger partial charge in [0.15, 0.2) is 0 Å². The standard InChI is InChI=1S/C11H8BrClFN3/c12-7-4-16-5-9(15)11(7)17-10-2-1-6(13)3-8(10)14/h1-5H,15H2,(H,16,17). The smallest absolute Gasteiger partial charge is 0.148 e. The molecule has 0 aliphatic rings. The van der Waals surface area contributed by atoms with Crippen molar-refractivity contribution in [3.8, 4) is 0 Å². The van der Waals surface area contributed by atoms with E-state index in [9.17, 15) is 4.39 Å². The van der Waals surface area contributed by atoms with Crippen LogP contribution in [0, 0.1) is 5.82 Å². The van der Waals surface area contributed by atoms with E-state index in [1.165, 1.54) is 12.3 Å². The molecule has 0 atom stereocenters. The highest BCUT2D eigenvalue weighted by Gasteiger charge is 2.08. The van der Waals surface area contributed by atoms with Crippen LogP contribution in [0.1, 0.15) is 0 Å². The van der Waals surface area contributed by atoms with Crippen LogP contribution in [0.4, 0.5) is 21.5 Å². The van der Waals surface area contributed by atoms with Gasteiger partial charge in [0.1, 0.15) is 5.82 Å². The maximum atomic E-state index is 13.6. The first-order valence-corrected chi connectivity index (χ1v) is 5.86. The summed E-state index contributed by atoms with van der Waals surface area (Å²) in [7, 11) is 0. The van der Waals surface area contributed by atoms with Gasteiger partial charge in [0.05, 0.1) is 27.7 Å². The topological polar surface area (TPSA) is 50.9 Å². The minimum absolute atomic E-state index is 0.299. The van der Waals surface area contributed by atoms with Gasteiger partial charge in [-0.3, -0.25) is 4.98 Å². The van der Waals surface area contributed by atoms with E-state index in [0.29, 0.717) is 26.6 Å². The Labute approximate surface area is 111 Å². The molecule has 0 amide bonds. The number of nitrogens with zero attached hydrogens (tertiary/aromatic N) is 1. The third kappa shape index (κ3) is 2.68. The second-order valence-corrected chi connectivity index (χ2v) is 4.63. The van der Waals surface area contributed by atoms with E-state index in [-0.39, 0.29) is 0 Å². The van der Waals surface area contributed by atoms with Crippen LogP contribution in [0.2, 0.25) is 5.02 Å². The fourth-order valence-electron chi connectivity index (χ4n) is 1.31. The molecule has 1 heterocycles. The summed E-state index contributed by atoms with van der Waals surface area (Å²) in [4.78, 5) is 3.90. The Hall–Kier alpha value is -1.33. The number of nitrogens with one attached hydrogen (secondary N) is 1. The molecule has 17 heavy (non-hydrogen) atoms. The second-order valence-electron chi connectivity index (χ2n) is 3.33. The van der Waals surface area contributed by atoms with E-state index in [4.69, 9.17) is 17.3 Å². The zero-order valence-electron chi connectivity index (χ0n) is 8.55. The summed E-state index contributed by atoms with van der Waals surface area (Å²) >= 11 is 8.96. The molecule has 6 heteroatoms. The van der Waals surface area contributed by atoms with Crippen molar-refractivity contribution in [3.63, 3.8) is 0 Å². The molecule has 2 rings (SSSR count). The fourth-order valence-corrected chi connectivity index (χ4v) is 1.91. The van der Waals surface area contributed by atoms with Gasteiger partial charge in [-0.15, -0.1) is 0 Å². The van der Waals surface area contributed by atoms with E-state index in [1.54, 1.807) is 18.3 Å². The predicted molar refractivity (Wildman–Crippen MR) is 71.0 cm³/mol. The van der Waals surface area contributed by atoms with Crippen molar-refractivity contribution in [2.24, 2.45) is 0 Å². The minimum atomic E-state index is -0.444. The summed E-state index contributed by atoms with van der Waals surface area (Å²) in [6.45, 7) is 0. The van der Waals surface area contributed by atoms with E-state index < -0.39 is 5.82 Å². The zero-order valence-corrected chi connectivity index (χ0v) is 10.9. The van der Waals surface area contributed by atoms with E-state index in [0.717, 1.165) is 0 Å². The van der Waals surface area contributed by atoms with Gasteiger partial charge >= 0.3 is 0 Å². The largest absolute Gasteiger partial charge is 0.396 e. The van der Waals surface area contributed by atoms with Crippen LogP contribution in [-0.4, -0.2) is 4.98 Å². The summed E-state index contributed by atoms with van der Waals surface area (Å²) in [6.07, 6.45) is 3.06. The molecule has 0 radical (unpaired) electrons. The molecule has 0 unspecified atom stereocenters. The molecule has 88 valence electrons. The average molecular weight is 317 g/mol. The van der Waals surface area contributed by atoms with E-state index >= 15 is 0 Å². The third-order valence-corrected chi connectivity index (χ3v) is 2.96. The van der Waals surface area contributed by atoms with Crippen LogP contribution < -0.4 is 11.1 Å². The number of benzene rings is 1. The Morgan fingerprint density at radius 1 is 1.35 bits per heavy atom. The normalized spacial score (nSPS) is 10.3. The lowest BCUT2D eigenvalue weighted by molar-refractivity contribution is 0.632. The quantitative estimate of drug-likeness (QED) is 0.881. The summed E-state index contributed by atoms with van der Waals surface area (Å²) in [5, 5.41) is 3.23. The van der Waals surface area contributed by atoms with Crippen LogP contribution in [-0.2, 0) is 0 Å². The van der Waals surface area contributed by atoms with E-state index in [2.05, 4.69) is 26.2 Å². The van der Waals surface area contributed by atoms with Crippen LogP contribution in [0.3, 0.4) is 0 Å². The Kier molecular flexibility index (Phi) is 3.49. The lowest BCUT2D eigenvalue weighted by atomic mass is 10.2. The molecule has 1 aromatic heterocycles. The van der Waals surface area contributed by atoms with Crippen molar-refractivity contribution < 1.29 is 4.39 Å². The summed E-state index contributed by atoms with van der Waals surface area (Å²) in [5.74, 6) is -0.444. The molecule has 0 saturated heterocycles. The minimum Gasteiger partial charge on any atom is -0.396 e. The van der Waals surface area contributed by atoms with E-state index in [1.807, 2.05) is 0 Å². The van der Waals surface area contributed by atoms with Crippen molar-refractivity contribution in [1.29, 1.82) is 0 Å². The Bertz CT molecular complexity index is 542. The molecule has 0 saturated carbocycles. The SMILES string of the molecule is Nc1cncc(Br)c1Nc1ccc(Cl)cc1F. The number of nitrogens with two attached hydrogens (primary N) is 1. The van der Waals surface area contributed by atoms with Gasteiger partial charge in [0.2, 0.25) is 0 Å². The summed E-state index contributed by atoms with van der Waals surface area (Å²) in [6, 6.07) is 4.37. The number of hydrogen-bond donors (Lipinski definition) is 2. The molecule has 2 aromatic rings. The second kappa shape index (κ2) is 4.89. The highest BCUT2D eigenvalue weighted by atomic mass is 79.9. The van der Waals surface area contributed by atoms with Gasteiger partial charge in [0, 0.05) is 11.2 Å². The first-order valence-electron chi connectivity index (χ1n) is 4.69. The molecular formula is C11H8BrClFN3. The van der Waals surface area contributed by atoms with Crippen LogP contribution in [0.5, 0.6) is 0 Å². The molecular weight excluding hydrogens is 308 g/mol. The number of rotatable bonds is 2. The van der Waals surface area contributed by atoms with Gasteiger partial charge in [-0.05, 0) is 34.1 Å². The molecule has 3 N–H and O–H groups in total. The van der Waals surface area contributed by atoms with Gasteiger partial charge in [0.25, 0.3) is 0 Å². The molecule has 0 bridgehead atoms. The van der Waals surface area contributed by atoms with Gasteiger partial charge in [-0.25, -0.2) is 4.39 Å². The highest BCUT2D eigenvalue weighted by Crippen LogP contribution is 2.31. The maximum Gasteiger partial charge on any atom is 0.148 e. The van der Waals surface area contributed by atoms with Crippen molar-refractivity contribution >= 4 is 44.6 Å². The molecule has 0 aliphatic carbocycles. The molecule has 3 nitrogen and oxygen atoms in total. The Balaban J connectivity index is 2.38. The van der Waals surface area contributed by atoms with Crippen LogP contribution >= 0.6 is 27.5 Å². The van der Waals surface area contributed by atoms with Crippen molar-refractivity contribution in [1.82, 2.24) is 4.98 Å². The maximum absolute atomic E-state index is 13.6. The highest BCUT2D eigenvalue weighted by molar-refractivity contribution is 9.10. The molecule has 0 spiro atoms. The lowest BCUT2D eigenvalue weighted by Gasteiger charge is -2.11. The summed E-state index contributed by atoms with van der Waals surface area (Å²) in [5.41, 5.74) is 7.04. The Morgan fingerprint density at radius 3 is 2.76 bits per heavy atom. The third-order valence-electron chi connectivity index (χ3n) is 2.12. The number of pyridine rings is 1. The van der Waals surface area contributed by atoms with Crippen molar-refractivity contribution in [2.45, 2.75) is 0 Å². The zero-order chi connectivity index (χ0) is 12.4. The monoisotopic (exact) mass is 315 g/mol. The number of aromatic nitrogens is 1. The fraction of sp³-hybridized carbons (Fsp3) is 0. The lowest BCUT2D eigenvalue weighted by Crippen LogP contribution is -1.99. The van der Waals surface area contributed by atoms with Crippen molar-refractivity contribution in [3.05, 3.63) is 45.9 Å². The number of nitrogen functional groups attached to an aromatic ring is 1. The van der Waals surface area contributed by atoms with Crippen molar-refractivity contribution in [2.75, 3.05) is 11.1 Å².